The number of aliphatic imine (C=N–C) groups is 1. The van der Waals surface area contributed by atoms with Crippen molar-refractivity contribution in [2.45, 2.75) is 25.3 Å². The van der Waals surface area contributed by atoms with Crippen molar-refractivity contribution < 1.29 is 8.42 Å². The first kappa shape index (κ1) is 16.8. The molecule has 1 aromatic carbocycles. The number of para-hydroxylation sites is 1. The number of aromatic amines is 1. The van der Waals surface area contributed by atoms with Crippen molar-refractivity contribution in [3.8, 4) is 0 Å². The number of guanidine groups is 1. The molecule has 0 saturated carbocycles. The molecule has 3 rings (SSSR count). The van der Waals surface area contributed by atoms with Gasteiger partial charge in [0.2, 0.25) is 0 Å². The summed E-state index contributed by atoms with van der Waals surface area (Å²) in [7, 11) is -1.17. The molecule has 0 amide bonds. The van der Waals surface area contributed by atoms with Crippen molar-refractivity contribution in [3.05, 3.63) is 36.0 Å². The molecule has 0 radical (unpaired) electrons. The van der Waals surface area contributed by atoms with Gasteiger partial charge in [-0.05, 0) is 30.9 Å². The van der Waals surface area contributed by atoms with Crippen LogP contribution in [0, 0.1) is 0 Å². The average molecular weight is 348 g/mol. The average Bonchev–Trinajstić information content (AvgIpc) is 3.13. The number of aromatic nitrogens is 1. The summed E-state index contributed by atoms with van der Waals surface area (Å²) in [6.07, 6.45) is 4.68. The van der Waals surface area contributed by atoms with Gasteiger partial charge in [0.1, 0.15) is 0 Å². The van der Waals surface area contributed by atoms with Crippen LogP contribution in [0.3, 0.4) is 0 Å². The fraction of sp³-hybridized carbons (Fsp3) is 0.471. The molecule has 3 N–H and O–H groups in total. The molecule has 1 saturated heterocycles. The lowest BCUT2D eigenvalue weighted by Crippen LogP contribution is -2.44. The molecule has 0 aliphatic carbocycles. The molecular weight excluding hydrogens is 324 g/mol. The van der Waals surface area contributed by atoms with E-state index in [0.717, 1.165) is 19.4 Å². The van der Waals surface area contributed by atoms with E-state index < -0.39 is 9.84 Å². The standard InChI is InChI=1S/C17H24N4O2S/c1-18-17(21-14-8-10-24(22,23)12-14)19-9-4-5-13-11-20-16-7-3-2-6-15(13)16/h2-3,6-7,11,14,20H,4-5,8-10,12H2,1H3,(H2,18,19,21). The molecule has 1 aliphatic rings. The third kappa shape index (κ3) is 4.08. The van der Waals surface area contributed by atoms with Gasteiger partial charge in [0.25, 0.3) is 0 Å². The van der Waals surface area contributed by atoms with Crippen LogP contribution in [0.2, 0.25) is 0 Å². The molecule has 0 bridgehead atoms. The Labute approximate surface area is 142 Å². The number of H-pyrrole nitrogens is 1. The largest absolute Gasteiger partial charge is 0.361 e. The van der Waals surface area contributed by atoms with E-state index in [1.54, 1.807) is 7.05 Å². The smallest absolute Gasteiger partial charge is 0.191 e. The zero-order valence-corrected chi connectivity index (χ0v) is 14.7. The minimum atomic E-state index is -2.87. The van der Waals surface area contributed by atoms with Crippen LogP contribution < -0.4 is 10.6 Å². The number of hydrogen-bond donors (Lipinski definition) is 3. The Kier molecular flexibility index (Phi) is 5.08. The third-order valence-electron chi connectivity index (χ3n) is 4.39. The SMILES string of the molecule is CN=C(NCCCc1c[nH]c2ccccc12)NC1CCS(=O)(=O)C1. The number of hydrogen-bond acceptors (Lipinski definition) is 3. The Morgan fingerprint density at radius 1 is 1.38 bits per heavy atom. The first-order valence-electron chi connectivity index (χ1n) is 8.30. The third-order valence-corrected chi connectivity index (χ3v) is 6.16. The number of fused-ring (bicyclic) bond motifs is 1. The summed E-state index contributed by atoms with van der Waals surface area (Å²) in [6, 6.07) is 8.27. The zero-order chi connectivity index (χ0) is 17.0. The highest BCUT2D eigenvalue weighted by atomic mass is 32.2. The van der Waals surface area contributed by atoms with Crippen LogP contribution in [0.25, 0.3) is 10.9 Å². The fourth-order valence-corrected chi connectivity index (χ4v) is 4.79. The second-order valence-corrected chi connectivity index (χ2v) is 8.44. The maximum absolute atomic E-state index is 11.5. The molecule has 6 nitrogen and oxygen atoms in total. The first-order chi connectivity index (χ1) is 11.6. The van der Waals surface area contributed by atoms with E-state index >= 15 is 0 Å². The van der Waals surface area contributed by atoms with Gasteiger partial charge in [-0.1, -0.05) is 18.2 Å². The summed E-state index contributed by atoms with van der Waals surface area (Å²) in [5.74, 6) is 1.14. The lowest BCUT2D eigenvalue weighted by molar-refractivity contribution is 0.599. The van der Waals surface area contributed by atoms with Crippen LogP contribution in [-0.4, -0.2) is 50.5 Å². The summed E-state index contributed by atoms with van der Waals surface area (Å²) < 4.78 is 23.0. The van der Waals surface area contributed by atoms with Crippen LogP contribution in [-0.2, 0) is 16.3 Å². The Hall–Kier alpha value is -2.02. The van der Waals surface area contributed by atoms with E-state index in [-0.39, 0.29) is 17.5 Å². The topological polar surface area (TPSA) is 86.3 Å². The summed E-state index contributed by atoms with van der Waals surface area (Å²) in [4.78, 5) is 7.47. The quantitative estimate of drug-likeness (QED) is 0.434. The molecule has 130 valence electrons. The highest BCUT2D eigenvalue weighted by Crippen LogP contribution is 2.18. The molecule has 1 aliphatic heterocycles. The van der Waals surface area contributed by atoms with E-state index in [0.29, 0.717) is 12.4 Å². The number of nitrogens with one attached hydrogen (secondary N) is 3. The number of aryl methyl sites for hydroxylation is 1. The van der Waals surface area contributed by atoms with Gasteiger partial charge in [-0.2, -0.15) is 0 Å². The Bertz CT molecular complexity index is 826. The lowest BCUT2D eigenvalue weighted by Gasteiger charge is -2.15. The first-order valence-corrected chi connectivity index (χ1v) is 10.1. The van der Waals surface area contributed by atoms with Gasteiger partial charge in [-0.25, -0.2) is 8.42 Å². The molecular formula is C17H24N4O2S. The normalized spacial score (nSPS) is 20.4. The van der Waals surface area contributed by atoms with Gasteiger partial charge in [0.15, 0.2) is 15.8 Å². The number of sulfone groups is 1. The van der Waals surface area contributed by atoms with Gasteiger partial charge in [0.05, 0.1) is 11.5 Å². The molecule has 1 aromatic heterocycles. The van der Waals surface area contributed by atoms with Crippen LogP contribution >= 0.6 is 0 Å². The van der Waals surface area contributed by atoms with E-state index in [9.17, 15) is 8.42 Å². The molecule has 24 heavy (non-hydrogen) atoms. The molecule has 1 unspecified atom stereocenters. The number of benzene rings is 1. The summed E-state index contributed by atoms with van der Waals surface area (Å²) in [5.41, 5.74) is 2.48. The summed E-state index contributed by atoms with van der Waals surface area (Å²) >= 11 is 0. The highest BCUT2D eigenvalue weighted by molar-refractivity contribution is 7.91. The van der Waals surface area contributed by atoms with Crippen molar-refractivity contribution in [2.24, 2.45) is 4.99 Å². The second kappa shape index (κ2) is 7.25. The summed E-state index contributed by atoms with van der Waals surface area (Å²) in [6.45, 7) is 0.790. The number of nitrogens with zero attached hydrogens (tertiary/aromatic N) is 1. The Morgan fingerprint density at radius 3 is 2.96 bits per heavy atom. The summed E-state index contributed by atoms with van der Waals surface area (Å²) in [5, 5.41) is 7.74. The molecule has 2 heterocycles. The molecule has 1 atom stereocenters. The molecule has 2 aromatic rings. The maximum Gasteiger partial charge on any atom is 0.191 e. The van der Waals surface area contributed by atoms with Gasteiger partial charge < -0.3 is 15.6 Å². The van der Waals surface area contributed by atoms with Gasteiger partial charge >= 0.3 is 0 Å². The molecule has 0 spiro atoms. The van der Waals surface area contributed by atoms with Crippen LogP contribution in [0.15, 0.2) is 35.5 Å². The molecule has 1 fully saturated rings. The second-order valence-electron chi connectivity index (χ2n) is 6.21. The predicted molar refractivity (Wildman–Crippen MR) is 98.2 cm³/mol. The van der Waals surface area contributed by atoms with Crippen molar-refractivity contribution in [1.82, 2.24) is 15.6 Å². The Balaban J connectivity index is 1.45. The maximum atomic E-state index is 11.5. The van der Waals surface area contributed by atoms with Crippen molar-refractivity contribution in [1.29, 1.82) is 0 Å². The minimum Gasteiger partial charge on any atom is -0.361 e. The monoisotopic (exact) mass is 348 g/mol. The van der Waals surface area contributed by atoms with Gasteiger partial charge in [0, 0.05) is 36.7 Å². The van der Waals surface area contributed by atoms with E-state index in [1.165, 1.54) is 16.5 Å². The van der Waals surface area contributed by atoms with Crippen LogP contribution in [0.4, 0.5) is 0 Å². The van der Waals surface area contributed by atoms with E-state index in [1.807, 2.05) is 6.07 Å². The number of rotatable bonds is 5. The van der Waals surface area contributed by atoms with E-state index in [4.69, 9.17) is 0 Å². The highest BCUT2D eigenvalue weighted by Gasteiger charge is 2.28. The van der Waals surface area contributed by atoms with Crippen molar-refractivity contribution in [2.75, 3.05) is 25.1 Å². The molecule has 7 heteroatoms. The van der Waals surface area contributed by atoms with Gasteiger partial charge in [-0.15, -0.1) is 0 Å². The Morgan fingerprint density at radius 2 is 2.21 bits per heavy atom. The fourth-order valence-electron chi connectivity index (χ4n) is 3.12. The lowest BCUT2D eigenvalue weighted by atomic mass is 10.1. The van der Waals surface area contributed by atoms with Crippen LogP contribution in [0.5, 0.6) is 0 Å². The van der Waals surface area contributed by atoms with E-state index in [2.05, 4.69) is 45.0 Å². The van der Waals surface area contributed by atoms with Crippen molar-refractivity contribution in [3.63, 3.8) is 0 Å². The minimum absolute atomic E-state index is 0.0326. The zero-order valence-electron chi connectivity index (χ0n) is 13.9. The van der Waals surface area contributed by atoms with Crippen LogP contribution in [0.1, 0.15) is 18.4 Å². The van der Waals surface area contributed by atoms with Crippen molar-refractivity contribution >= 4 is 26.7 Å². The predicted octanol–water partition coefficient (Wildman–Crippen LogP) is 1.45. The van der Waals surface area contributed by atoms with Gasteiger partial charge in [-0.3, -0.25) is 4.99 Å².